The minimum Gasteiger partial charge on any atom is -0.469 e. The average molecular weight is 310 g/mol. The van der Waals surface area contributed by atoms with Crippen molar-refractivity contribution >= 4 is 16.0 Å². The van der Waals surface area contributed by atoms with Crippen LogP contribution in [0, 0.1) is 17.2 Å². The first-order valence-corrected chi connectivity index (χ1v) is 7.77. The highest BCUT2D eigenvalue weighted by molar-refractivity contribution is 7.89. The largest absolute Gasteiger partial charge is 0.469 e. The van der Waals surface area contributed by atoms with E-state index >= 15 is 0 Å². The van der Waals surface area contributed by atoms with Gasteiger partial charge in [-0.15, -0.1) is 0 Å². The van der Waals surface area contributed by atoms with Gasteiger partial charge in [0.05, 0.1) is 30.4 Å². The van der Waals surface area contributed by atoms with Crippen LogP contribution in [-0.4, -0.2) is 39.4 Å². The molecule has 1 aromatic carbocycles. The summed E-state index contributed by atoms with van der Waals surface area (Å²) in [6.45, 7) is 1.79. The average Bonchev–Trinajstić information content (AvgIpc) is 2.47. The number of sulfonamides is 1. The Morgan fingerprint density at radius 2 is 1.95 bits per heavy atom. The Morgan fingerprint density at radius 1 is 1.38 bits per heavy atom. The standard InChI is InChI=1S/C14H18N2O4S/c1-11(9-15)10-16(2)21(18,19)13-6-4-12(5-7-13)8-14(17)20-3/h4-7,11H,8,10H2,1-3H3. The molecule has 7 heteroatoms. The van der Waals surface area contributed by atoms with Crippen LogP contribution in [0.25, 0.3) is 0 Å². The Labute approximate surface area is 125 Å². The number of hydrogen-bond acceptors (Lipinski definition) is 5. The van der Waals surface area contributed by atoms with Crippen LogP contribution in [0.4, 0.5) is 0 Å². The van der Waals surface area contributed by atoms with Crippen molar-refractivity contribution in [2.75, 3.05) is 20.7 Å². The molecule has 1 aromatic rings. The smallest absolute Gasteiger partial charge is 0.309 e. The Kier molecular flexibility index (Phi) is 5.88. The summed E-state index contributed by atoms with van der Waals surface area (Å²) in [5, 5.41) is 8.75. The van der Waals surface area contributed by atoms with Crippen LogP contribution in [0.15, 0.2) is 29.2 Å². The van der Waals surface area contributed by atoms with Gasteiger partial charge in [-0.2, -0.15) is 9.57 Å². The first kappa shape index (κ1) is 17.1. The lowest BCUT2D eigenvalue weighted by molar-refractivity contribution is -0.139. The number of ether oxygens (including phenoxy) is 1. The zero-order valence-corrected chi connectivity index (χ0v) is 13.1. The number of esters is 1. The van der Waals surface area contributed by atoms with Crippen molar-refractivity contribution in [2.24, 2.45) is 5.92 Å². The molecule has 0 aliphatic carbocycles. The Hall–Kier alpha value is -1.91. The molecule has 0 N–H and O–H groups in total. The minimum absolute atomic E-state index is 0.0954. The Morgan fingerprint density at radius 3 is 2.43 bits per heavy atom. The second kappa shape index (κ2) is 7.20. The highest BCUT2D eigenvalue weighted by Crippen LogP contribution is 2.16. The van der Waals surface area contributed by atoms with Crippen molar-refractivity contribution in [1.29, 1.82) is 5.26 Å². The molecule has 0 heterocycles. The number of hydrogen-bond donors (Lipinski definition) is 0. The monoisotopic (exact) mass is 310 g/mol. The first-order chi connectivity index (χ1) is 9.81. The van der Waals surface area contributed by atoms with Gasteiger partial charge >= 0.3 is 5.97 Å². The van der Waals surface area contributed by atoms with Gasteiger partial charge in [-0.05, 0) is 24.6 Å². The maximum Gasteiger partial charge on any atom is 0.309 e. The molecule has 6 nitrogen and oxygen atoms in total. The predicted molar refractivity (Wildman–Crippen MR) is 76.8 cm³/mol. The van der Waals surface area contributed by atoms with Crippen molar-refractivity contribution in [3.05, 3.63) is 29.8 Å². The maximum absolute atomic E-state index is 12.3. The van der Waals surface area contributed by atoms with Gasteiger partial charge in [-0.3, -0.25) is 4.79 Å². The summed E-state index contributed by atoms with van der Waals surface area (Å²) in [6.07, 6.45) is 0.0954. The van der Waals surface area contributed by atoms with Gasteiger partial charge in [0, 0.05) is 13.6 Å². The Balaban J connectivity index is 2.90. The molecule has 0 amide bonds. The van der Waals surface area contributed by atoms with Gasteiger partial charge in [0.2, 0.25) is 10.0 Å². The van der Waals surface area contributed by atoms with E-state index in [0.717, 1.165) is 4.31 Å². The molecular formula is C14H18N2O4S. The highest BCUT2D eigenvalue weighted by Gasteiger charge is 2.22. The van der Waals surface area contributed by atoms with Crippen LogP contribution in [0.2, 0.25) is 0 Å². The predicted octanol–water partition coefficient (Wildman–Crippen LogP) is 1.18. The van der Waals surface area contributed by atoms with Gasteiger partial charge < -0.3 is 4.74 Å². The summed E-state index contributed by atoms with van der Waals surface area (Å²) in [5.74, 6) is -0.769. The van der Waals surface area contributed by atoms with E-state index in [2.05, 4.69) is 4.74 Å². The van der Waals surface area contributed by atoms with Gasteiger partial charge in [0.1, 0.15) is 0 Å². The Bertz CT molecular complexity index is 632. The van der Waals surface area contributed by atoms with Crippen LogP contribution in [0.1, 0.15) is 12.5 Å². The second-order valence-electron chi connectivity index (χ2n) is 4.71. The summed E-state index contributed by atoms with van der Waals surface area (Å²) in [5.41, 5.74) is 0.675. The van der Waals surface area contributed by atoms with E-state index in [0.29, 0.717) is 5.56 Å². The van der Waals surface area contributed by atoms with Crippen LogP contribution in [0.5, 0.6) is 0 Å². The van der Waals surface area contributed by atoms with Gasteiger partial charge in [0.25, 0.3) is 0 Å². The molecule has 0 fully saturated rings. The summed E-state index contributed by atoms with van der Waals surface area (Å²) in [7, 11) is -0.895. The fraction of sp³-hybridized carbons (Fsp3) is 0.429. The molecule has 0 aliphatic heterocycles. The SMILES string of the molecule is COC(=O)Cc1ccc(S(=O)(=O)N(C)CC(C)C#N)cc1. The maximum atomic E-state index is 12.3. The molecule has 0 bridgehead atoms. The molecule has 0 saturated heterocycles. The molecule has 1 unspecified atom stereocenters. The van der Waals surface area contributed by atoms with E-state index in [4.69, 9.17) is 5.26 Å². The van der Waals surface area contributed by atoms with Crippen LogP contribution in [-0.2, 0) is 26.0 Å². The summed E-state index contributed by atoms with van der Waals surface area (Å²) < 4.78 is 30.3. The number of nitriles is 1. The van der Waals surface area contributed by atoms with Crippen molar-refractivity contribution in [3.63, 3.8) is 0 Å². The molecule has 21 heavy (non-hydrogen) atoms. The van der Waals surface area contributed by atoms with Gasteiger partial charge in [-0.1, -0.05) is 12.1 Å². The van der Waals surface area contributed by atoms with Crippen molar-refractivity contribution < 1.29 is 17.9 Å². The fourth-order valence-electron chi connectivity index (χ4n) is 1.72. The van der Waals surface area contributed by atoms with E-state index in [1.54, 1.807) is 19.1 Å². The summed E-state index contributed by atoms with van der Waals surface area (Å²) >= 11 is 0. The number of carbonyl (C=O) groups excluding carboxylic acids is 1. The van der Waals surface area contributed by atoms with E-state index in [1.807, 2.05) is 6.07 Å². The quantitative estimate of drug-likeness (QED) is 0.736. The van der Waals surface area contributed by atoms with Crippen molar-refractivity contribution in [1.82, 2.24) is 4.31 Å². The molecule has 1 atom stereocenters. The van der Waals surface area contributed by atoms with Crippen LogP contribution < -0.4 is 0 Å². The normalized spacial score (nSPS) is 12.7. The lowest BCUT2D eigenvalue weighted by atomic mass is 10.2. The minimum atomic E-state index is -3.63. The molecule has 0 aromatic heterocycles. The second-order valence-corrected chi connectivity index (χ2v) is 6.76. The summed E-state index contributed by atoms with van der Waals surface area (Å²) in [6, 6.07) is 8.04. The lowest BCUT2D eigenvalue weighted by Crippen LogP contribution is -2.30. The van der Waals surface area contributed by atoms with E-state index in [1.165, 1.54) is 26.3 Å². The molecule has 0 radical (unpaired) electrons. The van der Waals surface area contributed by atoms with E-state index < -0.39 is 10.0 Å². The van der Waals surface area contributed by atoms with Crippen molar-refractivity contribution in [2.45, 2.75) is 18.2 Å². The number of rotatable bonds is 6. The zero-order chi connectivity index (χ0) is 16.0. The zero-order valence-electron chi connectivity index (χ0n) is 12.2. The molecule has 114 valence electrons. The summed E-state index contributed by atoms with van der Waals surface area (Å²) in [4.78, 5) is 11.3. The van der Waals surface area contributed by atoms with Gasteiger partial charge in [-0.25, -0.2) is 8.42 Å². The highest BCUT2D eigenvalue weighted by atomic mass is 32.2. The van der Waals surface area contributed by atoms with Crippen LogP contribution in [0.3, 0.4) is 0 Å². The number of benzene rings is 1. The number of carbonyl (C=O) groups is 1. The first-order valence-electron chi connectivity index (χ1n) is 6.33. The molecular weight excluding hydrogens is 292 g/mol. The van der Waals surface area contributed by atoms with E-state index in [-0.39, 0.29) is 29.7 Å². The number of nitrogens with zero attached hydrogens (tertiary/aromatic N) is 2. The van der Waals surface area contributed by atoms with E-state index in [9.17, 15) is 13.2 Å². The third kappa shape index (κ3) is 4.55. The van der Waals surface area contributed by atoms with Gasteiger partial charge in [0.15, 0.2) is 0 Å². The topological polar surface area (TPSA) is 87.5 Å². The third-order valence-electron chi connectivity index (χ3n) is 2.96. The molecule has 1 rings (SSSR count). The number of methoxy groups -OCH3 is 1. The molecule has 0 aliphatic rings. The fourth-order valence-corrected chi connectivity index (χ4v) is 2.98. The molecule has 0 spiro atoms. The van der Waals surface area contributed by atoms with Crippen LogP contribution >= 0.6 is 0 Å². The lowest BCUT2D eigenvalue weighted by Gasteiger charge is -2.18. The van der Waals surface area contributed by atoms with Crippen molar-refractivity contribution in [3.8, 4) is 6.07 Å². The third-order valence-corrected chi connectivity index (χ3v) is 4.80. The molecule has 0 saturated carbocycles.